The van der Waals surface area contributed by atoms with Crippen molar-refractivity contribution in [2.75, 3.05) is 0 Å². The monoisotopic (exact) mass is 258 g/mol. The molecule has 0 atom stereocenters. The van der Waals surface area contributed by atoms with Crippen LogP contribution in [0.5, 0.6) is 0 Å². The number of rotatable bonds is 3. The number of nitrogens with two attached hydrogens (primary N) is 1. The minimum atomic E-state index is 0.553. The van der Waals surface area contributed by atoms with Gasteiger partial charge in [-0.3, -0.25) is 0 Å². The molecule has 2 aromatic rings. The maximum atomic E-state index is 5.76. The summed E-state index contributed by atoms with van der Waals surface area (Å²) in [7, 11) is 0. The Morgan fingerprint density at radius 1 is 1.17 bits per heavy atom. The Balaban J connectivity index is 2.04. The normalized spacial score (nSPS) is 16.3. The molecule has 18 heavy (non-hydrogen) atoms. The molecular weight excluding hydrogens is 240 g/mol. The lowest BCUT2D eigenvalue weighted by Crippen LogP contribution is -1.94. The summed E-state index contributed by atoms with van der Waals surface area (Å²) in [4.78, 5) is 6.19. The molecule has 1 aliphatic carbocycles. The molecule has 1 saturated carbocycles. The molecular formula is C15H18N2S. The van der Waals surface area contributed by atoms with Gasteiger partial charge in [-0.25, -0.2) is 4.98 Å². The lowest BCUT2D eigenvalue weighted by molar-refractivity contribution is 0.738. The summed E-state index contributed by atoms with van der Waals surface area (Å²) in [5, 5.41) is 1.07. The topological polar surface area (TPSA) is 38.9 Å². The van der Waals surface area contributed by atoms with Crippen LogP contribution in [0, 0.1) is 0 Å². The van der Waals surface area contributed by atoms with E-state index in [4.69, 9.17) is 10.7 Å². The number of hydrogen-bond acceptors (Lipinski definition) is 3. The van der Waals surface area contributed by atoms with Crippen LogP contribution in [0.2, 0.25) is 0 Å². The van der Waals surface area contributed by atoms with E-state index >= 15 is 0 Å². The molecule has 0 radical (unpaired) electrons. The van der Waals surface area contributed by atoms with E-state index in [1.54, 1.807) is 0 Å². The third kappa shape index (κ3) is 2.20. The van der Waals surface area contributed by atoms with Gasteiger partial charge in [0.2, 0.25) is 0 Å². The van der Waals surface area contributed by atoms with Crippen molar-refractivity contribution in [1.29, 1.82) is 0 Å². The van der Waals surface area contributed by atoms with Gasteiger partial charge in [-0.05, 0) is 18.8 Å². The Kier molecular flexibility index (Phi) is 3.43. The summed E-state index contributed by atoms with van der Waals surface area (Å²) in [6, 6.07) is 10.5. The average Bonchev–Trinajstić information content (AvgIpc) is 3.08. The van der Waals surface area contributed by atoms with E-state index in [2.05, 4.69) is 30.3 Å². The fraction of sp³-hybridized carbons (Fsp3) is 0.400. The van der Waals surface area contributed by atoms with E-state index in [-0.39, 0.29) is 0 Å². The summed E-state index contributed by atoms with van der Waals surface area (Å²) < 4.78 is 0. The van der Waals surface area contributed by atoms with E-state index in [0.29, 0.717) is 12.5 Å². The Labute approximate surface area is 112 Å². The van der Waals surface area contributed by atoms with E-state index in [0.717, 1.165) is 5.01 Å². The van der Waals surface area contributed by atoms with Crippen LogP contribution in [-0.2, 0) is 6.54 Å². The molecule has 0 spiro atoms. The van der Waals surface area contributed by atoms with Gasteiger partial charge in [0.15, 0.2) is 0 Å². The highest BCUT2D eigenvalue weighted by atomic mass is 32.1. The first-order valence-corrected chi connectivity index (χ1v) is 7.45. The summed E-state index contributed by atoms with van der Waals surface area (Å²) in [5.41, 5.74) is 8.16. The molecule has 94 valence electrons. The van der Waals surface area contributed by atoms with Crippen molar-refractivity contribution in [3.63, 3.8) is 0 Å². The van der Waals surface area contributed by atoms with Crippen LogP contribution in [0.4, 0.5) is 0 Å². The van der Waals surface area contributed by atoms with Crippen LogP contribution in [-0.4, -0.2) is 4.98 Å². The van der Waals surface area contributed by atoms with Gasteiger partial charge in [-0.15, -0.1) is 11.3 Å². The SMILES string of the molecule is NCc1nc(-c2ccccc2)c(C2CCCC2)s1. The van der Waals surface area contributed by atoms with Crippen LogP contribution in [0.25, 0.3) is 11.3 Å². The molecule has 2 nitrogen and oxygen atoms in total. The van der Waals surface area contributed by atoms with Gasteiger partial charge >= 0.3 is 0 Å². The molecule has 2 N–H and O–H groups in total. The molecule has 0 unspecified atom stereocenters. The van der Waals surface area contributed by atoms with Gasteiger partial charge in [0.1, 0.15) is 5.01 Å². The highest BCUT2D eigenvalue weighted by molar-refractivity contribution is 7.12. The molecule has 1 aromatic heterocycles. The largest absolute Gasteiger partial charge is 0.325 e. The second kappa shape index (κ2) is 5.21. The third-order valence-electron chi connectivity index (χ3n) is 3.65. The highest BCUT2D eigenvalue weighted by Gasteiger charge is 2.24. The standard InChI is InChI=1S/C15H18N2S/c16-10-13-17-14(11-6-2-1-3-7-11)15(18-13)12-8-4-5-9-12/h1-3,6-7,12H,4-5,8-10,16H2. The molecule has 3 rings (SSSR count). The first-order chi connectivity index (χ1) is 8.88. The van der Waals surface area contributed by atoms with Crippen LogP contribution < -0.4 is 5.73 Å². The third-order valence-corrected chi connectivity index (χ3v) is 4.89. The molecule has 0 aliphatic heterocycles. The molecule has 0 saturated heterocycles. The maximum absolute atomic E-state index is 5.76. The molecule has 0 amide bonds. The van der Waals surface area contributed by atoms with Gasteiger partial charge in [-0.1, -0.05) is 43.2 Å². The first-order valence-electron chi connectivity index (χ1n) is 6.63. The summed E-state index contributed by atoms with van der Waals surface area (Å²) in [5.74, 6) is 0.706. The first kappa shape index (κ1) is 11.9. The molecule has 1 fully saturated rings. The predicted molar refractivity (Wildman–Crippen MR) is 76.7 cm³/mol. The minimum Gasteiger partial charge on any atom is -0.325 e. The summed E-state index contributed by atoms with van der Waals surface area (Å²) in [6.07, 6.45) is 5.33. The highest BCUT2D eigenvalue weighted by Crippen LogP contribution is 2.42. The number of benzene rings is 1. The van der Waals surface area contributed by atoms with E-state index in [1.165, 1.54) is 41.8 Å². The molecule has 0 bridgehead atoms. The zero-order valence-corrected chi connectivity index (χ0v) is 11.2. The van der Waals surface area contributed by atoms with Crippen molar-refractivity contribution < 1.29 is 0 Å². The van der Waals surface area contributed by atoms with Gasteiger partial charge in [-0.2, -0.15) is 0 Å². The fourth-order valence-electron chi connectivity index (χ4n) is 2.73. The Morgan fingerprint density at radius 3 is 2.56 bits per heavy atom. The Morgan fingerprint density at radius 2 is 1.89 bits per heavy atom. The van der Waals surface area contributed by atoms with Gasteiger partial charge < -0.3 is 5.73 Å². The Hall–Kier alpha value is -1.19. The summed E-state index contributed by atoms with van der Waals surface area (Å²) >= 11 is 1.82. The molecule has 1 heterocycles. The zero-order chi connectivity index (χ0) is 12.4. The average molecular weight is 258 g/mol. The second-order valence-electron chi connectivity index (χ2n) is 4.87. The molecule has 1 aliphatic rings. The lowest BCUT2D eigenvalue weighted by Gasteiger charge is -2.08. The van der Waals surface area contributed by atoms with E-state index in [1.807, 2.05) is 11.3 Å². The van der Waals surface area contributed by atoms with Gasteiger partial charge in [0.05, 0.1) is 5.69 Å². The van der Waals surface area contributed by atoms with Gasteiger partial charge in [0.25, 0.3) is 0 Å². The van der Waals surface area contributed by atoms with Crippen molar-refractivity contribution in [2.24, 2.45) is 5.73 Å². The van der Waals surface area contributed by atoms with Crippen molar-refractivity contribution >= 4 is 11.3 Å². The van der Waals surface area contributed by atoms with Crippen molar-refractivity contribution in [3.05, 3.63) is 40.2 Å². The molecule has 1 aromatic carbocycles. The minimum absolute atomic E-state index is 0.553. The Bertz CT molecular complexity index is 513. The maximum Gasteiger partial charge on any atom is 0.107 e. The zero-order valence-electron chi connectivity index (χ0n) is 10.4. The summed E-state index contributed by atoms with van der Waals surface area (Å²) in [6.45, 7) is 0.553. The van der Waals surface area contributed by atoms with Crippen molar-refractivity contribution in [1.82, 2.24) is 4.98 Å². The van der Waals surface area contributed by atoms with Crippen molar-refractivity contribution in [2.45, 2.75) is 38.1 Å². The fourth-order valence-corrected chi connectivity index (χ4v) is 3.87. The smallest absolute Gasteiger partial charge is 0.107 e. The van der Waals surface area contributed by atoms with Crippen molar-refractivity contribution in [3.8, 4) is 11.3 Å². The van der Waals surface area contributed by atoms with E-state index < -0.39 is 0 Å². The van der Waals surface area contributed by atoms with E-state index in [9.17, 15) is 0 Å². The number of hydrogen-bond donors (Lipinski definition) is 1. The lowest BCUT2D eigenvalue weighted by atomic mass is 10.0. The van der Waals surface area contributed by atoms with Crippen LogP contribution >= 0.6 is 11.3 Å². The number of thiazole rings is 1. The molecule has 3 heteroatoms. The van der Waals surface area contributed by atoms with Crippen LogP contribution in [0.15, 0.2) is 30.3 Å². The predicted octanol–water partition coefficient (Wildman–Crippen LogP) is 3.93. The van der Waals surface area contributed by atoms with Crippen LogP contribution in [0.1, 0.15) is 41.5 Å². The quantitative estimate of drug-likeness (QED) is 0.906. The second-order valence-corrected chi connectivity index (χ2v) is 5.99. The number of aromatic nitrogens is 1. The number of nitrogens with zero attached hydrogens (tertiary/aromatic N) is 1. The van der Waals surface area contributed by atoms with Gasteiger partial charge in [0, 0.05) is 17.0 Å². The van der Waals surface area contributed by atoms with Crippen LogP contribution in [0.3, 0.4) is 0 Å².